The van der Waals surface area contributed by atoms with Gasteiger partial charge in [0.05, 0.1) is 5.92 Å². The number of hydrogen-bond acceptors (Lipinski definition) is 3. The summed E-state index contributed by atoms with van der Waals surface area (Å²) in [7, 11) is 0. The molecule has 0 aromatic carbocycles. The smallest absolute Gasteiger partial charge is 0.224 e. The van der Waals surface area contributed by atoms with E-state index in [0.717, 1.165) is 18.6 Å². The molecule has 0 saturated carbocycles. The van der Waals surface area contributed by atoms with E-state index in [2.05, 4.69) is 39.3 Å². The molecule has 17 heavy (non-hydrogen) atoms. The Morgan fingerprint density at radius 2 is 2.00 bits per heavy atom. The highest BCUT2D eigenvalue weighted by molar-refractivity contribution is 7.98. The Hall–Kier alpha value is -0.220. The molecule has 0 bridgehead atoms. The summed E-state index contributed by atoms with van der Waals surface area (Å²) >= 11 is 1.76. The summed E-state index contributed by atoms with van der Waals surface area (Å²) in [6, 6.07) is 0.270. The standard InChI is InChI=1S/C13H28N2OS/c1-6-11(9-17-5)15-12(16)10(8-14)7-13(2,3)4/h10-11H,6-9,14H2,1-5H3,(H,15,16). The number of rotatable bonds is 7. The van der Waals surface area contributed by atoms with E-state index in [4.69, 9.17) is 5.73 Å². The Kier molecular flexibility index (Phi) is 7.88. The lowest BCUT2D eigenvalue weighted by Crippen LogP contribution is -2.43. The second kappa shape index (κ2) is 7.98. The monoisotopic (exact) mass is 260 g/mol. The van der Waals surface area contributed by atoms with Crippen LogP contribution in [0.5, 0.6) is 0 Å². The van der Waals surface area contributed by atoms with Crippen LogP contribution in [0.3, 0.4) is 0 Å². The minimum Gasteiger partial charge on any atom is -0.352 e. The number of amides is 1. The third kappa shape index (κ3) is 7.66. The predicted octanol–water partition coefficient (Wildman–Crippen LogP) is 2.26. The summed E-state index contributed by atoms with van der Waals surface area (Å²) in [5, 5.41) is 3.10. The van der Waals surface area contributed by atoms with Crippen LogP contribution in [0.1, 0.15) is 40.5 Å². The average molecular weight is 260 g/mol. The van der Waals surface area contributed by atoms with Gasteiger partial charge >= 0.3 is 0 Å². The zero-order chi connectivity index (χ0) is 13.5. The predicted molar refractivity (Wildman–Crippen MR) is 77.2 cm³/mol. The SMILES string of the molecule is CCC(CSC)NC(=O)C(CN)CC(C)(C)C. The molecular weight excluding hydrogens is 232 g/mol. The maximum absolute atomic E-state index is 12.1. The summed E-state index contributed by atoms with van der Waals surface area (Å²) in [6.45, 7) is 8.95. The van der Waals surface area contributed by atoms with Crippen LogP contribution in [-0.4, -0.2) is 30.5 Å². The van der Waals surface area contributed by atoms with Gasteiger partial charge in [-0.15, -0.1) is 0 Å². The highest BCUT2D eigenvalue weighted by atomic mass is 32.2. The number of nitrogens with two attached hydrogens (primary N) is 1. The van der Waals surface area contributed by atoms with E-state index in [1.165, 1.54) is 0 Å². The molecule has 0 aliphatic carbocycles. The topological polar surface area (TPSA) is 55.1 Å². The van der Waals surface area contributed by atoms with E-state index in [1.807, 2.05) is 0 Å². The fourth-order valence-corrected chi connectivity index (χ4v) is 2.53. The van der Waals surface area contributed by atoms with Crippen molar-refractivity contribution < 1.29 is 4.79 Å². The lowest BCUT2D eigenvalue weighted by Gasteiger charge is -2.26. The third-order valence-corrected chi connectivity index (χ3v) is 3.46. The Balaban J connectivity index is 4.33. The van der Waals surface area contributed by atoms with Gasteiger partial charge in [-0.3, -0.25) is 4.79 Å². The van der Waals surface area contributed by atoms with Crippen molar-refractivity contribution in [1.29, 1.82) is 0 Å². The molecule has 0 aromatic rings. The lowest BCUT2D eigenvalue weighted by atomic mass is 9.84. The van der Waals surface area contributed by atoms with E-state index in [-0.39, 0.29) is 23.3 Å². The van der Waals surface area contributed by atoms with E-state index < -0.39 is 0 Å². The quantitative estimate of drug-likeness (QED) is 0.738. The van der Waals surface area contributed by atoms with Crippen LogP contribution in [0.4, 0.5) is 0 Å². The van der Waals surface area contributed by atoms with Gasteiger partial charge in [-0.05, 0) is 24.5 Å². The van der Waals surface area contributed by atoms with Gasteiger partial charge in [0.25, 0.3) is 0 Å². The largest absolute Gasteiger partial charge is 0.352 e. The first-order valence-corrected chi connectivity index (χ1v) is 7.72. The molecule has 0 rings (SSSR count). The summed E-state index contributed by atoms with van der Waals surface area (Å²) < 4.78 is 0. The molecular formula is C13H28N2OS. The van der Waals surface area contributed by atoms with E-state index in [0.29, 0.717) is 6.54 Å². The van der Waals surface area contributed by atoms with Crippen LogP contribution in [0, 0.1) is 11.3 Å². The van der Waals surface area contributed by atoms with Crippen molar-refractivity contribution in [2.75, 3.05) is 18.6 Å². The van der Waals surface area contributed by atoms with Gasteiger partial charge in [-0.2, -0.15) is 11.8 Å². The summed E-state index contributed by atoms with van der Waals surface area (Å²) in [6.07, 6.45) is 3.87. The van der Waals surface area contributed by atoms with Gasteiger partial charge in [-0.25, -0.2) is 0 Å². The molecule has 3 N–H and O–H groups in total. The fraction of sp³-hybridized carbons (Fsp3) is 0.923. The van der Waals surface area contributed by atoms with Crippen molar-refractivity contribution in [2.45, 2.75) is 46.6 Å². The molecule has 0 saturated heterocycles. The molecule has 0 fully saturated rings. The molecule has 1 amide bonds. The van der Waals surface area contributed by atoms with E-state index in [1.54, 1.807) is 11.8 Å². The molecule has 4 heteroatoms. The molecule has 0 radical (unpaired) electrons. The molecule has 3 nitrogen and oxygen atoms in total. The van der Waals surface area contributed by atoms with Crippen molar-refractivity contribution in [1.82, 2.24) is 5.32 Å². The first kappa shape index (κ1) is 16.8. The van der Waals surface area contributed by atoms with Gasteiger partial charge in [0, 0.05) is 18.3 Å². The molecule has 0 aromatic heterocycles. The normalized spacial score (nSPS) is 15.4. The molecule has 2 atom stereocenters. The van der Waals surface area contributed by atoms with Gasteiger partial charge < -0.3 is 11.1 Å². The maximum Gasteiger partial charge on any atom is 0.224 e. The maximum atomic E-state index is 12.1. The van der Waals surface area contributed by atoms with Gasteiger partial charge in [0.15, 0.2) is 0 Å². The first-order valence-electron chi connectivity index (χ1n) is 6.33. The lowest BCUT2D eigenvalue weighted by molar-refractivity contribution is -0.126. The van der Waals surface area contributed by atoms with Crippen LogP contribution in [0.25, 0.3) is 0 Å². The van der Waals surface area contributed by atoms with Crippen LogP contribution < -0.4 is 11.1 Å². The Morgan fingerprint density at radius 3 is 2.35 bits per heavy atom. The summed E-state index contributed by atoms with van der Waals surface area (Å²) in [5.41, 5.74) is 5.85. The number of carbonyl (C=O) groups is 1. The van der Waals surface area contributed by atoms with Crippen LogP contribution in [-0.2, 0) is 4.79 Å². The van der Waals surface area contributed by atoms with E-state index in [9.17, 15) is 4.79 Å². The fourth-order valence-electron chi connectivity index (χ4n) is 1.80. The van der Waals surface area contributed by atoms with Crippen molar-refractivity contribution in [3.63, 3.8) is 0 Å². The molecule has 102 valence electrons. The van der Waals surface area contributed by atoms with Gasteiger partial charge in [0.2, 0.25) is 5.91 Å². The molecule has 2 unspecified atom stereocenters. The average Bonchev–Trinajstić information content (AvgIpc) is 2.23. The number of thioether (sulfide) groups is 1. The van der Waals surface area contributed by atoms with Crippen LogP contribution in [0.15, 0.2) is 0 Å². The van der Waals surface area contributed by atoms with Gasteiger partial charge in [0.1, 0.15) is 0 Å². The molecule has 0 aliphatic heterocycles. The summed E-state index contributed by atoms with van der Waals surface area (Å²) in [4.78, 5) is 12.1. The molecule has 0 heterocycles. The highest BCUT2D eigenvalue weighted by Crippen LogP contribution is 2.24. The van der Waals surface area contributed by atoms with Crippen molar-refractivity contribution in [3.8, 4) is 0 Å². The first-order chi connectivity index (χ1) is 7.84. The molecule has 0 spiro atoms. The number of nitrogens with one attached hydrogen (secondary N) is 1. The number of hydrogen-bond donors (Lipinski definition) is 2. The van der Waals surface area contributed by atoms with Crippen LogP contribution in [0.2, 0.25) is 0 Å². The van der Waals surface area contributed by atoms with Gasteiger partial charge in [-0.1, -0.05) is 27.7 Å². The van der Waals surface area contributed by atoms with Crippen LogP contribution >= 0.6 is 11.8 Å². The second-order valence-corrected chi connectivity index (χ2v) is 6.68. The van der Waals surface area contributed by atoms with Crippen molar-refractivity contribution in [2.24, 2.45) is 17.1 Å². The minimum atomic E-state index is -0.0640. The highest BCUT2D eigenvalue weighted by Gasteiger charge is 2.24. The Morgan fingerprint density at radius 1 is 1.41 bits per heavy atom. The number of carbonyl (C=O) groups excluding carboxylic acids is 1. The minimum absolute atomic E-state index is 0.0640. The zero-order valence-electron chi connectivity index (χ0n) is 11.9. The Bertz CT molecular complexity index is 226. The summed E-state index contributed by atoms with van der Waals surface area (Å²) in [5.74, 6) is 1.02. The van der Waals surface area contributed by atoms with Crippen molar-refractivity contribution >= 4 is 17.7 Å². The third-order valence-electron chi connectivity index (χ3n) is 2.72. The second-order valence-electron chi connectivity index (χ2n) is 5.77. The Labute approximate surface area is 110 Å². The van der Waals surface area contributed by atoms with E-state index >= 15 is 0 Å². The molecule has 0 aliphatic rings. The van der Waals surface area contributed by atoms with Crippen molar-refractivity contribution in [3.05, 3.63) is 0 Å². The zero-order valence-corrected chi connectivity index (χ0v) is 12.7.